The minimum absolute atomic E-state index is 0.124. The van der Waals surface area contributed by atoms with Gasteiger partial charge in [-0.05, 0) is 45.0 Å². The molecular weight excluding hydrogens is 372 g/mol. The zero-order valence-corrected chi connectivity index (χ0v) is 16.5. The van der Waals surface area contributed by atoms with Crippen molar-refractivity contribution >= 4 is 35.2 Å². The summed E-state index contributed by atoms with van der Waals surface area (Å²) >= 11 is 7.48. The van der Waals surface area contributed by atoms with Crippen LogP contribution in [0.3, 0.4) is 0 Å². The topological polar surface area (TPSA) is 67.2 Å². The highest BCUT2D eigenvalue weighted by molar-refractivity contribution is 7.99. The first kappa shape index (κ1) is 18.8. The van der Waals surface area contributed by atoms with Gasteiger partial charge < -0.3 is 10.2 Å². The number of hydrogen-bond donors (Lipinski definition) is 1. The zero-order valence-electron chi connectivity index (χ0n) is 14.9. The van der Waals surface area contributed by atoms with Crippen molar-refractivity contribution < 1.29 is 9.59 Å². The Balaban J connectivity index is 1.76. The molecule has 1 saturated heterocycles. The van der Waals surface area contributed by atoms with E-state index in [-0.39, 0.29) is 17.4 Å². The lowest BCUT2D eigenvalue weighted by Crippen LogP contribution is -2.52. The van der Waals surface area contributed by atoms with Crippen LogP contribution in [0.25, 0.3) is 5.69 Å². The van der Waals surface area contributed by atoms with Crippen LogP contribution in [-0.2, 0) is 4.79 Å². The fourth-order valence-electron chi connectivity index (χ4n) is 2.65. The Morgan fingerprint density at radius 3 is 2.62 bits per heavy atom. The van der Waals surface area contributed by atoms with Crippen molar-refractivity contribution in [2.45, 2.75) is 32.4 Å². The molecule has 26 heavy (non-hydrogen) atoms. The molecule has 1 aliphatic heterocycles. The van der Waals surface area contributed by atoms with Crippen molar-refractivity contribution in [1.82, 2.24) is 20.0 Å². The van der Waals surface area contributed by atoms with Crippen molar-refractivity contribution in [3.63, 3.8) is 0 Å². The number of thioether (sulfide) groups is 1. The van der Waals surface area contributed by atoms with Gasteiger partial charge in [0.25, 0.3) is 5.91 Å². The molecule has 2 heterocycles. The van der Waals surface area contributed by atoms with Gasteiger partial charge in [-0.2, -0.15) is 5.10 Å². The second-order valence-electron chi connectivity index (χ2n) is 7.18. The van der Waals surface area contributed by atoms with E-state index in [0.717, 1.165) is 5.69 Å². The van der Waals surface area contributed by atoms with Crippen LogP contribution < -0.4 is 5.32 Å². The van der Waals surface area contributed by atoms with E-state index < -0.39 is 6.04 Å². The van der Waals surface area contributed by atoms with Crippen LogP contribution in [0, 0.1) is 0 Å². The lowest BCUT2D eigenvalue weighted by atomic mass is 10.1. The second kappa shape index (κ2) is 7.32. The van der Waals surface area contributed by atoms with Crippen molar-refractivity contribution in [2.24, 2.45) is 0 Å². The first-order chi connectivity index (χ1) is 12.2. The molecule has 0 radical (unpaired) electrons. The highest BCUT2D eigenvalue weighted by atomic mass is 35.5. The second-order valence-corrected chi connectivity index (χ2v) is 8.62. The molecule has 0 spiro atoms. The van der Waals surface area contributed by atoms with Crippen LogP contribution in [0.15, 0.2) is 36.7 Å². The lowest BCUT2D eigenvalue weighted by molar-refractivity contribution is -0.125. The monoisotopic (exact) mass is 392 g/mol. The maximum atomic E-state index is 12.9. The van der Waals surface area contributed by atoms with Crippen molar-refractivity contribution in [2.75, 3.05) is 11.6 Å². The summed E-state index contributed by atoms with van der Waals surface area (Å²) in [4.78, 5) is 27.0. The van der Waals surface area contributed by atoms with Crippen molar-refractivity contribution in [3.05, 3.63) is 47.2 Å². The van der Waals surface area contributed by atoms with Gasteiger partial charge in [0.15, 0.2) is 0 Å². The standard InChI is InChI=1S/C18H21ClN4O2S/c1-18(2,3)21-16(24)15-10-26-11-22(15)17(25)12-8-20-23(9-12)14-6-4-13(19)5-7-14/h4-9,15H,10-11H2,1-3H3,(H,21,24). The molecule has 1 unspecified atom stereocenters. The number of nitrogens with zero attached hydrogens (tertiary/aromatic N) is 3. The van der Waals surface area contributed by atoms with Gasteiger partial charge in [0.2, 0.25) is 5.91 Å². The van der Waals surface area contributed by atoms with Crippen LogP contribution in [0.5, 0.6) is 0 Å². The molecule has 1 aliphatic rings. The first-order valence-corrected chi connectivity index (χ1v) is 9.79. The number of aromatic nitrogens is 2. The van der Waals surface area contributed by atoms with Gasteiger partial charge in [-0.1, -0.05) is 11.6 Å². The quantitative estimate of drug-likeness (QED) is 0.872. The molecule has 3 rings (SSSR count). The Labute approximate surface area is 161 Å². The summed E-state index contributed by atoms with van der Waals surface area (Å²) in [6.07, 6.45) is 3.20. The van der Waals surface area contributed by atoms with E-state index in [0.29, 0.717) is 22.2 Å². The predicted octanol–water partition coefficient (Wildman–Crippen LogP) is 2.96. The van der Waals surface area contributed by atoms with Gasteiger partial charge in [-0.15, -0.1) is 11.8 Å². The minimum atomic E-state index is -0.467. The molecule has 0 saturated carbocycles. The van der Waals surface area contributed by atoms with E-state index >= 15 is 0 Å². The molecule has 2 aromatic rings. The molecule has 8 heteroatoms. The molecule has 1 aromatic heterocycles. The highest BCUT2D eigenvalue weighted by Crippen LogP contribution is 2.24. The number of rotatable bonds is 3. The summed E-state index contributed by atoms with van der Waals surface area (Å²) in [6.45, 7) is 5.78. The Bertz CT molecular complexity index is 813. The number of halogens is 1. The van der Waals surface area contributed by atoms with Gasteiger partial charge in [-0.25, -0.2) is 4.68 Å². The highest BCUT2D eigenvalue weighted by Gasteiger charge is 2.36. The van der Waals surface area contributed by atoms with Gasteiger partial charge >= 0.3 is 0 Å². The molecule has 6 nitrogen and oxygen atoms in total. The summed E-state index contributed by atoms with van der Waals surface area (Å²) in [6, 6.07) is 6.73. The largest absolute Gasteiger partial charge is 0.350 e. The average Bonchev–Trinajstić information content (AvgIpc) is 3.23. The fraction of sp³-hybridized carbons (Fsp3) is 0.389. The maximum absolute atomic E-state index is 12.9. The van der Waals surface area contributed by atoms with Crippen LogP contribution in [0.1, 0.15) is 31.1 Å². The van der Waals surface area contributed by atoms with Gasteiger partial charge in [0, 0.05) is 22.5 Å². The van der Waals surface area contributed by atoms with E-state index in [1.165, 1.54) is 6.20 Å². The molecule has 2 amide bonds. The van der Waals surface area contributed by atoms with Gasteiger partial charge in [0.05, 0.1) is 23.3 Å². The molecule has 1 N–H and O–H groups in total. The van der Waals surface area contributed by atoms with E-state index in [1.54, 1.807) is 39.7 Å². The summed E-state index contributed by atoms with van der Waals surface area (Å²) < 4.78 is 1.62. The van der Waals surface area contributed by atoms with Crippen molar-refractivity contribution in [1.29, 1.82) is 0 Å². The normalized spacial score (nSPS) is 17.4. The van der Waals surface area contributed by atoms with Crippen molar-refractivity contribution in [3.8, 4) is 5.69 Å². The van der Waals surface area contributed by atoms with Crippen LogP contribution in [0.4, 0.5) is 0 Å². The molecule has 0 aliphatic carbocycles. The fourth-order valence-corrected chi connectivity index (χ4v) is 3.93. The Kier molecular flexibility index (Phi) is 5.29. The van der Waals surface area contributed by atoms with Crippen LogP contribution in [-0.4, -0.2) is 49.7 Å². The SMILES string of the molecule is CC(C)(C)NC(=O)C1CSCN1C(=O)c1cnn(-c2ccc(Cl)cc2)c1. The number of benzene rings is 1. The van der Waals surface area contributed by atoms with E-state index in [2.05, 4.69) is 10.4 Å². The Hall–Kier alpha value is -1.99. The number of amides is 2. The van der Waals surface area contributed by atoms with Crippen LogP contribution >= 0.6 is 23.4 Å². The molecular formula is C18H21ClN4O2S. The number of hydrogen-bond acceptors (Lipinski definition) is 4. The summed E-state index contributed by atoms with van der Waals surface area (Å²) in [5, 5.41) is 7.85. The zero-order chi connectivity index (χ0) is 18.9. The molecule has 0 bridgehead atoms. The molecule has 1 fully saturated rings. The Morgan fingerprint density at radius 2 is 1.96 bits per heavy atom. The first-order valence-electron chi connectivity index (χ1n) is 8.26. The number of carbonyl (C=O) groups excluding carboxylic acids is 2. The summed E-state index contributed by atoms with van der Waals surface area (Å²) in [5.74, 6) is 0.775. The molecule has 138 valence electrons. The van der Waals surface area contributed by atoms with E-state index in [9.17, 15) is 9.59 Å². The van der Waals surface area contributed by atoms with Gasteiger partial charge in [0.1, 0.15) is 6.04 Å². The summed E-state index contributed by atoms with van der Waals surface area (Å²) in [7, 11) is 0. The minimum Gasteiger partial charge on any atom is -0.350 e. The third-order valence-corrected chi connectivity index (χ3v) is 5.13. The maximum Gasteiger partial charge on any atom is 0.258 e. The molecule has 1 atom stereocenters. The molecule has 1 aromatic carbocycles. The summed E-state index contributed by atoms with van der Waals surface area (Å²) in [5.41, 5.74) is 0.931. The third-order valence-electron chi connectivity index (χ3n) is 3.86. The van der Waals surface area contributed by atoms with Gasteiger partial charge in [-0.3, -0.25) is 9.59 Å². The lowest BCUT2D eigenvalue weighted by Gasteiger charge is -2.27. The smallest absolute Gasteiger partial charge is 0.258 e. The number of nitrogens with one attached hydrogen (secondary N) is 1. The van der Waals surface area contributed by atoms with E-state index in [4.69, 9.17) is 11.6 Å². The average molecular weight is 393 g/mol. The van der Waals surface area contributed by atoms with Crippen LogP contribution in [0.2, 0.25) is 5.02 Å². The third kappa shape index (κ3) is 4.22. The predicted molar refractivity (Wildman–Crippen MR) is 104 cm³/mol. The Morgan fingerprint density at radius 1 is 1.27 bits per heavy atom. The number of carbonyl (C=O) groups is 2. The van der Waals surface area contributed by atoms with E-state index in [1.807, 2.05) is 32.9 Å².